The molecule has 0 radical (unpaired) electrons. The van der Waals surface area contributed by atoms with E-state index in [4.69, 9.17) is 0 Å². The third-order valence-corrected chi connectivity index (χ3v) is 3.60. The standard InChI is InChI=1S/C14H15BrN2O/c1-9-12(10(2)18)8-16-14(17-9)7-11-5-3-4-6-13(11)15/h3-6,8,10,18H,7H2,1-2H3/t10-/m0/s1. The van der Waals surface area contributed by atoms with Crippen LogP contribution in [0.15, 0.2) is 34.9 Å². The Bertz CT molecular complexity index is 555. The second-order valence-corrected chi connectivity index (χ2v) is 5.13. The molecule has 2 rings (SSSR count). The minimum absolute atomic E-state index is 0.525. The lowest BCUT2D eigenvalue weighted by molar-refractivity contribution is 0.197. The summed E-state index contributed by atoms with van der Waals surface area (Å²) in [5, 5.41) is 9.54. The van der Waals surface area contributed by atoms with E-state index in [2.05, 4.69) is 25.9 Å². The molecule has 1 aromatic carbocycles. The van der Waals surface area contributed by atoms with Crippen molar-refractivity contribution < 1.29 is 5.11 Å². The minimum atomic E-state index is -0.525. The van der Waals surface area contributed by atoms with Gasteiger partial charge in [0.25, 0.3) is 0 Å². The van der Waals surface area contributed by atoms with Crippen LogP contribution in [0.3, 0.4) is 0 Å². The summed E-state index contributed by atoms with van der Waals surface area (Å²) in [5.41, 5.74) is 2.77. The van der Waals surface area contributed by atoms with E-state index in [1.165, 1.54) is 0 Å². The second-order valence-electron chi connectivity index (χ2n) is 4.27. The first kappa shape index (κ1) is 13.2. The minimum Gasteiger partial charge on any atom is -0.389 e. The van der Waals surface area contributed by atoms with Gasteiger partial charge in [-0.1, -0.05) is 34.1 Å². The average molecular weight is 307 g/mol. The van der Waals surface area contributed by atoms with E-state index in [0.29, 0.717) is 6.42 Å². The molecule has 0 unspecified atom stereocenters. The van der Waals surface area contributed by atoms with Crippen LogP contribution in [0.2, 0.25) is 0 Å². The lowest BCUT2D eigenvalue weighted by atomic mass is 10.1. The first-order valence-electron chi connectivity index (χ1n) is 5.82. The summed E-state index contributed by atoms with van der Waals surface area (Å²) >= 11 is 3.51. The highest BCUT2D eigenvalue weighted by Gasteiger charge is 2.09. The second kappa shape index (κ2) is 5.59. The molecule has 18 heavy (non-hydrogen) atoms. The van der Waals surface area contributed by atoms with Crippen molar-refractivity contribution in [3.8, 4) is 0 Å². The summed E-state index contributed by atoms with van der Waals surface area (Å²) in [7, 11) is 0. The summed E-state index contributed by atoms with van der Waals surface area (Å²) in [6.07, 6.45) is 1.86. The summed E-state index contributed by atoms with van der Waals surface area (Å²) in [4.78, 5) is 8.74. The maximum atomic E-state index is 9.54. The first-order valence-corrected chi connectivity index (χ1v) is 6.61. The van der Waals surface area contributed by atoms with Crippen molar-refractivity contribution in [2.45, 2.75) is 26.4 Å². The molecule has 0 amide bonds. The molecule has 0 saturated carbocycles. The first-order chi connectivity index (χ1) is 8.58. The summed E-state index contributed by atoms with van der Waals surface area (Å²) in [6.45, 7) is 3.62. The fourth-order valence-corrected chi connectivity index (χ4v) is 2.26. The average Bonchev–Trinajstić information content (AvgIpc) is 2.32. The van der Waals surface area contributed by atoms with Crippen LogP contribution in [0.4, 0.5) is 0 Å². The van der Waals surface area contributed by atoms with Gasteiger partial charge in [0.1, 0.15) is 5.82 Å². The third-order valence-electron chi connectivity index (χ3n) is 2.82. The van der Waals surface area contributed by atoms with E-state index in [1.807, 2.05) is 31.2 Å². The molecule has 0 aliphatic rings. The number of rotatable bonds is 3. The summed E-state index contributed by atoms with van der Waals surface area (Å²) < 4.78 is 1.06. The van der Waals surface area contributed by atoms with Crippen LogP contribution < -0.4 is 0 Å². The Morgan fingerprint density at radius 3 is 2.67 bits per heavy atom. The van der Waals surface area contributed by atoms with Crippen LogP contribution in [-0.2, 0) is 6.42 Å². The van der Waals surface area contributed by atoms with Gasteiger partial charge in [0.05, 0.1) is 6.10 Å². The molecule has 94 valence electrons. The number of benzene rings is 1. The normalized spacial score (nSPS) is 12.4. The Morgan fingerprint density at radius 1 is 1.33 bits per heavy atom. The molecule has 0 saturated heterocycles. The molecule has 0 fully saturated rings. The summed E-state index contributed by atoms with van der Waals surface area (Å²) in [5.74, 6) is 0.767. The molecule has 1 atom stereocenters. The van der Waals surface area contributed by atoms with Crippen LogP contribution in [0.25, 0.3) is 0 Å². The number of aromatic nitrogens is 2. The van der Waals surface area contributed by atoms with E-state index in [1.54, 1.807) is 13.1 Å². The zero-order chi connectivity index (χ0) is 13.1. The van der Waals surface area contributed by atoms with E-state index in [0.717, 1.165) is 27.1 Å². The molecular formula is C14H15BrN2O. The van der Waals surface area contributed by atoms with Gasteiger partial charge in [0, 0.05) is 28.3 Å². The Balaban J connectivity index is 2.26. The number of aryl methyl sites for hydroxylation is 1. The van der Waals surface area contributed by atoms with E-state index < -0.39 is 6.10 Å². The molecule has 1 heterocycles. The maximum absolute atomic E-state index is 9.54. The highest BCUT2D eigenvalue weighted by molar-refractivity contribution is 9.10. The van der Waals surface area contributed by atoms with Gasteiger partial charge in [-0.15, -0.1) is 0 Å². The van der Waals surface area contributed by atoms with Gasteiger partial charge in [-0.3, -0.25) is 0 Å². The fourth-order valence-electron chi connectivity index (χ4n) is 1.83. The van der Waals surface area contributed by atoms with Gasteiger partial charge in [-0.25, -0.2) is 9.97 Å². The van der Waals surface area contributed by atoms with Crippen LogP contribution in [0.1, 0.15) is 35.7 Å². The van der Waals surface area contributed by atoms with E-state index in [-0.39, 0.29) is 0 Å². The molecule has 1 aromatic heterocycles. The van der Waals surface area contributed by atoms with Crippen molar-refractivity contribution in [2.75, 3.05) is 0 Å². The Labute approximate surface area is 115 Å². The number of hydrogen-bond donors (Lipinski definition) is 1. The zero-order valence-electron chi connectivity index (χ0n) is 10.4. The van der Waals surface area contributed by atoms with Crippen LogP contribution >= 0.6 is 15.9 Å². The van der Waals surface area contributed by atoms with Crippen molar-refractivity contribution in [3.63, 3.8) is 0 Å². The van der Waals surface area contributed by atoms with Crippen molar-refractivity contribution in [2.24, 2.45) is 0 Å². The third kappa shape index (κ3) is 2.94. The van der Waals surface area contributed by atoms with Gasteiger partial charge in [-0.2, -0.15) is 0 Å². The summed E-state index contributed by atoms with van der Waals surface area (Å²) in [6, 6.07) is 8.03. The molecule has 0 aliphatic carbocycles. The van der Waals surface area contributed by atoms with Crippen molar-refractivity contribution >= 4 is 15.9 Å². The molecule has 4 heteroatoms. The Morgan fingerprint density at radius 2 is 2.06 bits per heavy atom. The number of nitrogens with zero attached hydrogens (tertiary/aromatic N) is 2. The molecule has 0 aliphatic heterocycles. The molecule has 1 N–H and O–H groups in total. The Kier molecular flexibility index (Phi) is 4.09. The number of halogens is 1. The predicted molar refractivity (Wildman–Crippen MR) is 74.4 cm³/mol. The monoisotopic (exact) mass is 306 g/mol. The van der Waals surface area contributed by atoms with Crippen LogP contribution in [0.5, 0.6) is 0 Å². The SMILES string of the molecule is Cc1nc(Cc2ccccc2Br)ncc1[C@H](C)O. The number of aliphatic hydroxyl groups excluding tert-OH is 1. The van der Waals surface area contributed by atoms with Gasteiger partial charge in [0.2, 0.25) is 0 Å². The van der Waals surface area contributed by atoms with Crippen LogP contribution in [-0.4, -0.2) is 15.1 Å². The van der Waals surface area contributed by atoms with Gasteiger partial charge < -0.3 is 5.11 Å². The predicted octanol–water partition coefficient (Wildman–Crippen LogP) is 3.19. The molecule has 0 spiro atoms. The van der Waals surface area contributed by atoms with Gasteiger partial charge in [0.15, 0.2) is 0 Å². The van der Waals surface area contributed by atoms with Gasteiger partial charge in [-0.05, 0) is 25.5 Å². The molecular weight excluding hydrogens is 292 g/mol. The lowest BCUT2D eigenvalue weighted by Crippen LogP contribution is -2.04. The molecule has 0 bridgehead atoms. The van der Waals surface area contributed by atoms with Crippen LogP contribution in [0, 0.1) is 6.92 Å². The number of hydrogen-bond acceptors (Lipinski definition) is 3. The highest BCUT2D eigenvalue weighted by atomic mass is 79.9. The zero-order valence-corrected chi connectivity index (χ0v) is 12.0. The smallest absolute Gasteiger partial charge is 0.132 e. The van der Waals surface area contributed by atoms with Gasteiger partial charge >= 0.3 is 0 Å². The van der Waals surface area contributed by atoms with Crippen molar-refractivity contribution in [1.29, 1.82) is 0 Å². The van der Waals surface area contributed by atoms with Crippen molar-refractivity contribution in [3.05, 3.63) is 57.6 Å². The molecule has 3 nitrogen and oxygen atoms in total. The highest BCUT2D eigenvalue weighted by Crippen LogP contribution is 2.19. The topological polar surface area (TPSA) is 46.0 Å². The Hall–Kier alpha value is -1.26. The van der Waals surface area contributed by atoms with Crippen molar-refractivity contribution in [1.82, 2.24) is 9.97 Å². The van der Waals surface area contributed by atoms with E-state index in [9.17, 15) is 5.11 Å². The molecule has 2 aromatic rings. The quantitative estimate of drug-likeness (QED) is 0.947. The maximum Gasteiger partial charge on any atom is 0.132 e. The number of aliphatic hydroxyl groups is 1. The van der Waals surface area contributed by atoms with E-state index >= 15 is 0 Å². The fraction of sp³-hybridized carbons (Fsp3) is 0.286. The lowest BCUT2D eigenvalue weighted by Gasteiger charge is -2.09. The largest absolute Gasteiger partial charge is 0.389 e.